The van der Waals surface area contributed by atoms with Crippen molar-refractivity contribution in [3.63, 3.8) is 0 Å². The fourth-order valence-electron chi connectivity index (χ4n) is 4.07. The summed E-state index contributed by atoms with van der Waals surface area (Å²) in [5.74, 6) is -0.369. The number of pyridine rings is 1. The molecule has 8 heteroatoms. The number of H-pyrrole nitrogens is 1. The van der Waals surface area contributed by atoms with Crippen molar-refractivity contribution in [1.82, 2.24) is 20.5 Å². The molecule has 0 saturated heterocycles. The third-order valence-electron chi connectivity index (χ3n) is 6.06. The third kappa shape index (κ3) is 5.84. The molecule has 0 aliphatic rings. The van der Waals surface area contributed by atoms with Crippen LogP contribution in [0.4, 0.5) is 0 Å². The number of benzene rings is 3. The Morgan fingerprint density at radius 1 is 0.974 bits per heavy atom. The fourth-order valence-corrected chi connectivity index (χ4v) is 5.06. The first-order chi connectivity index (χ1) is 18.6. The van der Waals surface area contributed by atoms with Crippen LogP contribution in [0.1, 0.15) is 33.4 Å². The standard InChI is InChI=1S/C30H26N4O3S/c35-19-27(29(36)20-8-2-1-3-9-20)32-30(37)24-11-4-5-12-28(24)38-22-14-15-23-25(33-34-26(23)18-22)16-13-21-10-6-7-17-31-21/h1-18,27,29,35-36H,19H2,(H,32,37)(H,33,34)/b16-13+/t27-,29+/m1/s1. The molecule has 2 atom stereocenters. The average molecular weight is 523 g/mol. The minimum absolute atomic E-state index is 0.369. The van der Waals surface area contributed by atoms with Gasteiger partial charge in [0.1, 0.15) is 6.10 Å². The topological polar surface area (TPSA) is 111 Å². The van der Waals surface area contributed by atoms with Gasteiger partial charge in [-0.2, -0.15) is 5.10 Å². The van der Waals surface area contributed by atoms with E-state index in [-0.39, 0.29) is 5.91 Å². The van der Waals surface area contributed by atoms with E-state index in [1.807, 2.05) is 66.7 Å². The highest BCUT2D eigenvalue weighted by Gasteiger charge is 2.24. The number of rotatable bonds is 9. The van der Waals surface area contributed by atoms with Gasteiger partial charge in [-0.25, -0.2) is 0 Å². The van der Waals surface area contributed by atoms with Gasteiger partial charge in [-0.05, 0) is 60.2 Å². The summed E-state index contributed by atoms with van der Waals surface area (Å²) in [5, 5.41) is 31.8. The molecule has 2 heterocycles. The second-order valence-electron chi connectivity index (χ2n) is 8.62. The molecule has 0 saturated carbocycles. The van der Waals surface area contributed by atoms with Gasteiger partial charge in [-0.15, -0.1) is 0 Å². The lowest BCUT2D eigenvalue weighted by Gasteiger charge is -2.23. The van der Waals surface area contributed by atoms with Crippen molar-refractivity contribution in [3.05, 3.63) is 120 Å². The molecule has 0 bridgehead atoms. The van der Waals surface area contributed by atoms with Crippen molar-refractivity contribution in [2.45, 2.75) is 21.9 Å². The molecule has 0 radical (unpaired) electrons. The number of nitrogens with one attached hydrogen (secondary N) is 2. The molecule has 7 nitrogen and oxygen atoms in total. The van der Waals surface area contributed by atoms with Crippen molar-refractivity contribution >= 4 is 40.7 Å². The maximum atomic E-state index is 13.2. The zero-order valence-electron chi connectivity index (χ0n) is 20.4. The monoisotopic (exact) mass is 522 g/mol. The molecular formula is C30H26N4O3S. The molecule has 4 N–H and O–H groups in total. The van der Waals surface area contributed by atoms with Crippen LogP contribution in [0, 0.1) is 0 Å². The molecule has 38 heavy (non-hydrogen) atoms. The molecule has 0 spiro atoms. The number of aromatic nitrogens is 3. The van der Waals surface area contributed by atoms with E-state index in [2.05, 4.69) is 20.5 Å². The van der Waals surface area contributed by atoms with Crippen LogP contribution in [0.3, 0.4) is 0 Å². The first kappa shape index (κ1) is 25.4. The Morgan fingerprint density at radius 3 is 2.55 bits per heavy atom. The second kappa shape index (κ2) is 11.9. The van der Waals surface area contributed by atoms with Gasteiger partial charge in [0, 0.05) is 21.4 Å². The number of carbonyl (C=O) groups is 1. The van der Waals surface area contributed by atoms with E-state index in [1.54, 1.807) is 42.6 Å². The van der Waals surface area contributed by atoms with Crippen molar-refractivity contribution in [3.8, 4) is 0 Å². The summed E-state index contributed by atoms with van der Waals surface area (Å²) in [6, 6.07) is 27.1. The van der Waals surface area contributed by atoms with Crippen molar-refractivity contribution in [1.29, 1.82) is 0 Å². The zero-order valence-corrected chi connectivity index (χ0v) is 21.2. The van der Waals surface area contributed by atoms with Crippen LogP contribution in [0.25, 0.3) is 23.1 Å². The van der Waals surface area contributed by atoms with E-state index in [1.165, 1.54) is 11.8 Å². The van der Waals surface area contributed by atoms with Crippen molar-refractivity contribution < 1.29 is 15.0 Å². The highest BCUT2D eigenvalue weighted by Crippen LogP contribution is 2.33. The van der Waals surface area contributed by atoms with Crippen LogP contribution < -0.4 is 5.32 Å². The van der Waals surface area contributed by atoms with Gasteiger partial charge in [0.05, 0.1) is 35.1 Å². The molecule has 5 rings (SSSR count). The normalized spacial score (nSPS) is 13.0. The number of amides is 1. The number of fused-ring (bicyclic) bond motifs is 1. The van der Waals surface area contributed by atoms with Gasteiger partial charge in [0.25, 0.3) is 5.91 Å². The first-order valence-electron chi connectivity index (χ1n) is 12.1. The van der Waals surface area contributed by atoms with Crippen LogP contribution in [0.15, 0.2) is 107 Å². The number of carbonyl (C=O) groups excluding carboxylic acids is 1. The Labute approximate surface area is 224 Å². The van der Waals surface area contributed by atoms with Crippen LogP contribution in [-0.4, -0.2) is 44.0 Å². The van der Waals surface area contributed by atoms with Crippen LogP contribution in [0.2, 0.25) is 0 Å². The summed E-state index contributed by atoms with van der Waals surface area (Å²) >= 11 is 1.45. The van der Waals surface area contributed by atoms with Gasteiger partial charge in [0.15, 0.2) is 0 Å². The maximum absolute atomic E-state index is 13.2. The lowest BCUT2D eigenvalue weighted by Crippen LogP contribution is -2.42. The number of nitrogens with zero attached hydrogens (tertiary/aromatic N) is 2. The number of aromatic amines is 1. The predicted octanol–water partition coefficient (Wildman–Crippen LogP) is 5.10. The smallest absolute Gasteiger partial charge is 0.252 e. The molecule has 0 aliphatic heterocycles. The molecule has 5 aromatic rings. The quantitative estimate of drug-likeness (QED) is 0.214. The van der Waals surface area contributed by atoms with E-state index < -0.39 is 18.8 Å². The number of aliphatic hydroxyl groups excluding tert-OH is 2. The molecular weight excluding hydrogens is 496 g/mol. The van der Waals surface area contributed by atoms with Crippen LogP contribution in [-0.2, 0) is 0 Å². The minimum atomic E-state index is -1.03. The summed E-state index contributed by atoms with van der Waals surface area (Å²) in [4.78, 5) is 19.2. The molecule has 190 valence electrons. The first-order valence-corrected chi connectivity index (χ1v) is 12.9. The predicted molar refractivity (Wildman–Crippen MR) is 150 cm³/mol. The van der Waals surface area contributed by atoms with E-state index in [9.17, 15) is 15.0 Å². The second-order valence-corrected chi connectivity index (χ2v) is 9.74. The Kier molecular flexibility index (Phi) is 7.94. The lowest BCUT2D eigenvalue weighted by atomic mass is 10.0. The Morgan fingerprint density at radius 2 is 1.76 bits per heavy atom. The van der Waals surface area contributed by atoms with E-state index in [0.29, 0.717) is 11.1 Å². The molecule has 0 aliphatic carbocycles. The Hall–Kier alpha value is -4.24. The molecule has 0 unspecified atom stereocenters. The van der Waals surface area contributed by atoms with Crippen molar-refractivity contribution in [2.75, 3.05) is 6.61 Å². The lowest BCUT2D eigenvalue weighted by molar-refractivity contribution is 0.0701. The van der Waals surface area contributed by atoms with E-state index >= 15 is 0 Å². The average Bonchev–Trinajstić information content (AvgIpc) is 3.37. The summed E-state index contributed by atoms with van der Waals surface area (Å²) < 4.78 is 0. The number of aliphatic hydroxyl groups is 2. The zero-order chi connectivity index (χ0) is 26.3. The molecule has 3 aromatic carbocycles. The number of hydrogen-bond donors (Lipinski definition) is 4. The van der Waals surface area contributed by atoms with Gasteiger partial charge < -0.3 is 15.5 Å². The number of hydrogen-bond acceptors (Lipinski definition) is 6. The van der Waals surface area contributed by atoms with Gasteiger partial charge in [0.2, 0.25) is 0 Å². The molecule has 1 amide bonds. The van der Waals surface area contributed by atoms with Crippen molar-refractivity contribution in [2.24, 2.45) is 0 Å². The summed E-state index contributed by atoms with van der Waals surface area (Å²) in [5.41, 5.74) is 3.62. The van der Waals surface area contributed by atoms with E-state index in [0.717, 1.165) is 32.1 Å². The summed E-state index contributed by atoms with van der Waals surface area (Å²) in [6.45, 7) is -0.398. The fraction of sp³-hybridized carbons (Fsp3) is 0.100. The molecule has 2 aromatic heterocycles. The molecule has 0 fully saturated rings. The van der Waals surface area contributed by atoms with E-state index in [4.69, 9.17) is 0 Å². The van der Waals surface area contributed by atoms with Crippen LogP contribution >= 0.6 is 11.8 Å². The Balaban J connectivity index is 1.33. The van der Waals surface area contributed by atoms with Gasteiger partial charge in [-0.3, -0.25) is 14.9 Å². The van der Waals surface area contributed by atoms with Gasteiger partial charge >= 0.3 is 0 Å². The third-order valence-corrected chi connectivity index (χ3v) is 7.12. The minimum Gasteiger partial charge on any atom is -0.394 e. The summed E-state index contributed by atoms with van der Waals surface area (Å²) in [7, 11) is 0. The highest BCUT2D eigenvalue weighted by atomic mass is 32.2. The maximum Gasteiger partial charge on any atom is 0.252 e. The highest BCUT2D eigenvalue weighted by molar-refractivity contribution is 7.99. The van der Waals surface area contributed by atoms with Crippen LogP contribution in [0.5, 0.6) is 0 Å². The SMILES string of the molecule is O=C(N[C@H](CO)[C@@H](O)c1ccccc1)c1ccccc1Sc1ccc2c(/C=C/c3ccccn3)n[nH]c2c1. The Bertz CT molecular complexity index is 1550. The largest absolute Gasteiger partial charge is 0.394 e. The van der Waals surface area contributed by atoms with Gasteiger partial charge in [-0.1, -0.05) is 60.3 Å². The summed E-state index contributed by atoms with van der Waals surface area (Å²) in [6.07, 6.45) is 4.56.